The van der Waals surface area contributed by atoms with Crippen molar-refractivity contribution in [3.8, 4) is 0 Å². The normalized spacial score (nSPS) is 11.5. The summed E-state index contributed by atoms with van der Waals surface area (Å²) in [5, 5.41) is 3.52. The zero-order valence-corrected chi connectivity index (χ0v) is 15.3. The average molecular weight is 311 g/mol. The molecule has 2 N–H and O–H groups in total. The molecule has 0 rings (SSSR count). The van der Waals surface area contributed by atoms with Crippen LogP contribution in [0.15, 0.2) is 5.10 Å². The van der Waals surface area contributed by atoms with Crippen molar-refractivity contribution in [3.05, 3.63) is 0 Å². The second-order valence-electron chi connectivity index (χ2n) is 6.78. The molecule has 0 fully saturated rings. The van der Waals surface area contributed by atoms with Gasteiger partial charge < -0.3 is 5.84 Å². The van der Waals surface area contributed by atoms with E-state index in [1.54, 1.807) is 0 Å². The van der Waals surface area contributed by atoms with E-state index in [4.69, 9.17) is 5.84 Å². The van der Waals surface area contributed by atoms with E-state index >= 15 is 0 Å². The van der Waals surface area contributed by atoms with E-state index in [0.717, 1.165) is 6.42 Å². The zero-order chi connectivity index (χ0) is 16.1. The van der Waals surface area contributed by atoms with Gasteiger partial charge in [0.05, 0.1) is 0 Å². The number of nitrogens with two attached hydrogens (primary N) is 1. The molecule has 0 aromatic carbocycles. The molecule has 0 heterocycles. The first-order valence-corrected chi connectivity index (χ1v) is 10.1. The van der Waals surface area contributed by atoms with Gasteiger partial charge in [0.1, 0.15) is 0 Å². The van der Waals surface area contributed by atoms with Gasteiger partial charge in [-0.1, -0.05) is 110 Å². The zero-order valence-electron chi connectivity index (χ0n) is 15.3. The van der Waals surface area contributed by atoms with Crippen LogP contribution in [0.3, 0.4) is 0 Å². The van der Waals surface area contributed by atoms with Gasteiger partial charge in [0.15, 0.2) is 0 Å². The lowest BCUT2D eigenvalue weighted by Crippen LogP contribution is -1.85. The Bertz CT molecular complexity index is 214. The Morgan fingerprint density at radius 3 is 1.18 bits per heavy atom. The number of nitrogens with zero attached hydrogens (tertiary/aromatic N) is 1. The van der Waals surface area contributed by atoms with E-state index in [1.165, 1.54) is 109 Å². The smallest absolute Gasteiger partial charge is 0.0240 e. The maximum Gasteiger partial charge on any atom is 0.0240 e. The molecule has 0 aromatic rings. The van der Waals surface area contributed by atoms with Crippen molar-refractivity contribution < 1.29 is 0 Å². The molecule has 2 heteroatoms. The largest absolute Gasteiger partial charge is 0.324 e. The number of unbranched alkanes of at least 4 members (excludes halogenated alkanes) is 17. The second kappa shape index (κ2) is 20.5. The molecule has 0 aliphatic carbocycles. The highest BCUT2D eigenvalue weighted by Gasteiger charge is 1.94. The van der Waals surface area contributed by atoms with Crippen molar-refractivity contribution >= 4 is 6.21 Å². The van der Waals surface area contributed by atoms with E-state index in [-0.39, 0.29) is 0 Å². The fraction of sp³-hybridized carbons (Fsp3) is 0.950. The molecule has 0 bridgehead atoms. The standard InChI is InChI=1S/C20H42N2/c1-2-3-4-5-6-7-8-9-10-11-12-13-14-15-16-17-18-19-20-22-21/h20H,2-19,21H2,1H3. The van der Waals surface area contributed by atoms with E-state index in [0.29, 0.717) is 0 Å². The van der Waals surface area contributed by atoms with Gasteiger partial charge in [-0.2, -0.15) is 5.10 Å². The van der Waals surface area contributed by atoms with Crippen molar-refractivity contribution in [1.82, 2.24) is 0 Å². The monoisotopic (exact) mass is 310 g/mol. The highest BCUT2D eigenvalue weighted by atomic mass is 15.1. The predicted octanol–water partition coefficient (Wildman–Crippen LogP) is 6.97. The van der Waals surface area contributed by atoms with Crippen LogP contribution in [0.2, 0.25) is 0 Å². The average Bonchev–Trinajstić information content (AvgIpc) is 2.54. The van der Waals surface area contributed by atoms with Crippen molar-refractivity contribution in [3.63, 3.8) is 0 Å². The van der Waals surface area contributed by atoms with Gasteiger partial charge >= 0.3 is 0 Å². The van der Waals surface area contributed by atoms with Crippen LogP contribution in [0.4, 0.5) is 0 Å². The lowest BCUT2D eigenvalue weighted by atomic mass is 10.0. The quantitative estimate of drug-likeness (QED) is 0.126. The lowest BCUT2D eigenvalue weighted by molar-refractivity contribution is 0.528. The Morgan fingerprint density at radius 1 is 0.545 bits per heavy atom. The molecular formula is C20H42N2. The van der Waals surface area contributed by atoms with Crippen LogP contribution in [0.1, 0.15) is 122 Å². The molecule has 0 unspecified atom stereocenters. The van der Waals surface area contributed by atoms with Crippen molar-refractivity contribution in [2.45, 2.75) is 122 Å². The minimum atomic E-state index is 1.05. The Kier molecular flexibility index (Phi) is 20.0. The number of hydrazone groups is 1. The van der Waals surface area contributed by atoms with Crippen LogP contribution in [-0.2, 0) is 0 Å². The molecular weight excluding hydrogens is 268 g/mol. The van der Waals surface area contributed by atoms with Crippen molar-refractivity contribution in [2.24, 2.45) is 10.9 Å². The Morgan fingerprint density at radius 2 is 0.864 bits per heavy atom. The molecule has 0 spiro atoms. The molecule has 22 heavy (non-hydrogen) atoms. The minimum absolute atomic E-state index is 1.05. The fourth-order valence-electron chi connectivity index (χ4n) is 3.04. The summed E-state index contributed by atoms with van der Waals surface area (Å²) < 4.78 is 0. The Balaban J connectivity index is 2.94. The molecule has 0 aliphatic heterocycles. The third kappa shape index (κ3) is 19.5. The Hall–Kier alpha value is -0.530. The summed E-state index contributed by atoms with van der Waals surface area (Å²) in [6.45, 7) is 2.29. The van der Waals surface area contributed by atoms with E-state index in [2.05, 4.69) is 12.0 Å². The minimum Gasteiger partial charge on any atom is -0.324 e. The lowest BCUT2D eigenvalue weighted by Gasteiger charge is -2.03. The van der Waals surface area contributed by atoms with Crippen LogP contribution in [0.25, 0.3) is 0 Å². The summed E-state index contributed by atoms with van der Waals surface area (Å²) in [6, 6.07) is 0. The highest BCUT2D eigenvalue weighted by molar-refractivity contribution is 5.56. The molecule has 0 aromatic heterocycles. The van der Waals surface area contributed by atoms with Gasteiger partial charge in [-0.25, -0.2) is 0 Å². The molecule has 0 saturated carbocycles. The van der Waals surface area contributed by atoms with Crippen LogP contribution >= 0.6 is 0 Å². The maximum absolute atomic E-state index is 5.07. The topological polar surface area (TPSA) is 38.4 Å². The van der Waals surface area contributed by atoms with Gasteiger partial charge in [0, 0.05) is 6.21 Å². The summed E-state index contributed by atoms with van der Waals surface area (Å²) in [4.78, 5) is 0. The molecule has 0 saturated heterocycles. The summed E-state index contributed by atoms with van der Waals surface area (Å²) in [7, 11) is 0. The van der Waals surface area contributed by atoms with E-state index < -0.39 is 0 Å². The maximum atomic E-state index is 5.07. The van der Waals surface area contributed by atoms with Crippen LogP contribution in [0.5, 0.6) is 0 Å². The molecule has 0 radical (unpaired) electrons. The summed E-state index contributed by atoms with van der Waals surface area (Å²) in [6.07, 6.45) is 27.1. The third-order valence-electron chi connectivity index (χ3n) is 4.54. The summed E-state index contributed by atoms with van der Waals surface area (Å²) in [5.74, 6) is 5.07. The Labute approximate surface area is 140 Å². The van der Waals surface area contributed by atoms with Crippen molar-refractivity contribution in [1.29, 1.82) is 0 Å². The number of rotatable bonds is 18. The first kappa shape index (κ1) is 21.5. The first-order valence-electron chi connectivity index (χ1n) is 10.1. The van der Waals surface area contributed by atoms with E-state index in [9.17, 15) is 0 Å². The molecule has 0 aliphatic rings. The van der Waals surface area contributed by atoms with Gasteiger partial charge in [0.2, 0.25) is 0 Å². The third-order valence-corrected chi connectivity index (χ3v) is 4.54. The summed E-state index contributed by atoms with van der Waals surface area (Å²) >= 11 is 0. The van der Waals surface area contributed by atoms with Gasteiger partial charge in [-0.15, -0.1) is 0 Å². The number of hydrogen-bond donors (Lipinski definition) is 1. The van der Waals surface area contributed by atoms with E-state index in [1.807, 2.05) is 6.21 Å². The van der Waals surface area contributed by atoms with Gasteiger partial charge in [-0.05, 0) is 12.8 Å². The van der Waals surface area contributed by atoms with Gasteiger partial charge in [0.25, 0.3) is 0 Å². The molecule has 0 atom stereocenters. The van der Waals surface area contributed by atoms with Crippen LogP contribution in [0, 0.1) is 0 Å². The van der Waals surface area contributed by atoms with Crippen molar-refractivity contribution in [2.75, 3.05) is 0 Å². The summed E-state index contributed by atoms with van der Waals surface area (Å²) in [5.41, 5.74) is 0. The van der Waals surface area contributed by atoms with Crippen LogP contribution in [-0.4, -0.2) is 6.21 Å². The van der Waals surface area contributed by atoms with Gasteiger partial charge in [-0.3, -0.25) is 0 Å². The first-order chi connectivity index (χ1) is 10.9. The highest BCUT2D eigenvalue weighted by Crippen LogP contribution is 2.14. The second-order valence-corrected chi connectivity index (χ2v) is 6.78. The molecule has 132 valence electrons. The number of hydrogen-bond acceptors (Lipinski definition) is 2. The predicted molar refractivity (Wildman–Crippen MR) is 101 cm³/mol. The fourth-order valence-corrected chi connectivity index (χ4v) is 3.04. The van der Waals surface area contributed by atoms with Crippen LogP contribution < -0.4 is 5.84 Å². The SMILES string of the molecule is CCCCCCCCCCCCCCCCCCCC=NN. The molecule has 2 nitrogen and oxygen atoms in total. The molecule has 0 amide bonds.